The molecule has 106 valence electrons. The summed E-state index contributed by atoms with van der Waals surface area (Å²) < 4.78 is 5.14. The van der Waals surface area contributed by atoms with Crippen LogP contribution in [-0.2, 0) is 12.3 Å². The summed E-state index contributed by atoms with van der Waals surface area (Å²) >= 11 is 1.79. The molecule has 0 spiro atoms. The molecule has 1 N–H and O–H groups in total. The van der Waals surface area contributed by atoms with Gasteiger partial charge in [-0.1, -0.05) is 25.1 Å². The third-order valence-electron chi connectivity index (χ3n) is 2.85. The minimum atomic E-state index is 0.670. The molecule has 0 radical (unpaired) electrons. The first-order chi connectivity index (χ1) is 9.81. The molecule has 2 rings (SSSR count). The molecule has 0 bridgehead atoms. The van der Waals surface area contributed by atoms with Crippen molar-refractivity contribution >= 4 is 11.8 Å². The monoisotopic (exact) mass is 288 g/mol. The van der Waals surface area contributed by atoms with Crippen molar-refractivity contribution in [3.8, 4) is 5.88 Å². The van der Waals surface area contributed by atoms with Crippen LogP contribution in [0.5, 0.6) is 5.88 Å². The molecule has 0 fully saturated rings. The van der Waals surface area contributed by atoms with E-state index in [1.54, 1.807) is 18.9 Å². The van der Waals surface area contributed by atoms with Crippen molar-refractivity contribution in [3.63, 3.8) is 0 Å². The molecule has 4 heteroatoms. The van der Waals surface area contributed by atoms with Crippen LogP contribution in [0.3, 0.4) is 0 Å². The van der Waals surface area contributed by atoms with E-state index in [-0.39, 0.29) is 0 Å². The largest absolute Gasteiger partial charge is 0.481 e. The van der Waals surface area contributed by atoms with Gasteiger partial charge in [-0.05, 0) is 30.3 Å². The maximum absolute atomic E-state index is 5.14. The van der Waals surface area contributed by atoms with Gasteiger partial charge in [-0.25, -0.2) is 4.98 Å². The number of pyridine rings is 1. The Hall–Kier alpha value is -1.52. The lowest BCUT2D eigenvalue weighted by Gasteiger charge is -2.06. The normalized spacial score (nSPS) is 10.5. The van der Waals surface area contributed by atoms with Crippen molar-refractivity contribution in [2.24, 2.45) is 0 Å². The Balaban J connectivity index is 1.95. The molecule has 0 aliphatic heterocycles. The summed E-state index contributed by atoms with van der Waals surface area (Å²) in [5.41, 5.74) is 2.35. The molecule has 0 aliphatic rings. The molecule has 2 aromatic rings. The fourth-order valence-corrected chi connectivity index (χ4v) is 2.71. The summed E-state index contributed by atoms with van der Waals surface area (Å²) in [6, 6.07) is 14.5. The van der Waals surface area contributed by atoms with Gasteiger partial charge in [0.05, 0.1) is 12.8 Å². The minimum absolute atomic E-state index is 0.670. The number of rotatable bonds is 7. The molecular weight excluding hydrogens is 268 g/mol. The Morgan fingerprint density at radius 2 is 2.05 bits per heavy atom. The van der Waals surface area contributed by atoms with Crippen molar-refractivity contribution < 1.29 is 4.74 Å². The van der Waals surface area contributed by atoms with Crippen molar-refractivity contribution in [3.05, 3.63) is 53.7 Å². The Labute approximate surface area is 124 Å². The summed E-state index contributed by atoms with van der Waals surface area (Å²) in [4.78, 5) is 5.69. The molecule has 1 heterocycles. The van der Waals surface area contributed by atoms with Crippen LogP contribution < -0.4 is 10.1 Å². The smallest absolute Gasteiger partial charge is 0.213 e. The number of hydrogen-bond donors (Lipinski definition) is 1. The Bertz CT molecular complexity index is 546. The molecule has 1 aromatic heterocycles. The topological polar surface area (TPSA) is 34.1 Å². The van der Waals surface area contributed by atoms with E-state index >= 15 is 0 Å². The Kier molecular flexibility index (Phi) is 5.89. The number of nitrogens with zero attached hydrogens (tertiary/aromatic N) is 1. The van der Waals surface area contributed by atoms with Crippen molar-refractivity contribution in [2.75, 3.05) is 13.7 Å². The average Bonchev–Trinajstić information content (AvgIpc) is 2.51. The third-order valence-corrected chi connectivity index (χ3v) is 3.88. The molecule has 3 nitrogen and oxygen atoms in total. The predicted molar refractivity (Wildman–Crippen MR) is 84.2 cm³/mol. The van der Waals surface area contributed by atoms with Crippen LogP contribution in [0.4, 0.5) is 0 Å². The quantitative estimate of drug-likeness (QED) is 0.791. The zero-order chi connectivity index (χ0) is 14.2. The van der Waals surface area contributed by atoms with E-state index in [0.717, 1.165) is 24.5 Å². The highest BCUT2D eigenvalue weighted by Crippen LogP contribution is 2.23. The predicted octanol–water partition coefficient (Wildman–Crippen LogP) is 3.49. The lowest BCUT2D eigenvalue weighted by molar-refractivity contribution is 0.397. The summed E-state index contributed by atoms with van der Waals surface area (Å²) in [7, 11) is 1.64. The van der Waals surface area contributed by atoms with E-state index in [4.69, 9.17) is 4.74 Å². The van der Waals surface area contributed by atoms with Gasteiger partial charge in [-0.15, -0.1) is 11.8 Å². The van der Waals surface area contributed by atoms with E-state index in [0.29, 0.717) is 5.88 Å². The standard InChI is InChI=1S/C16H20N2OS/c1-3-17-11-13-6-4-8-15(10-13)20-12-14-7-5-9-16(18-14)19-2/h4-10,17H,3,11-12H2,1-2H3. The van der Waals surface area contributed by atoms with Crippen LogP contribution in [0.2, 0.25) is 0 Å². The SMILES string of the molecule is CCNCc1cccc(SCc2cccc(OC)n2)c1. The highest BCUT2D eigenvalue weighted by atomic mass is 32.2. The van der Waals surface area contributed by atoms with E-state index in [2.05, 4.69) is 41.5 Å². The van der Waals surface area contributed by atoms with E-state index < -0.39 is 0 Å². The van der Waals surface area contributed by atoms with Gasteiger partial charge >= 0.3 is 0 Å². The van der Waals surface area contributed by atoms with Crippen LogP contribution in [0.1, 0.15) is 18.2 Å². The maximum Gasteiger partial charge on any atom is 0.213 e. The molecule has 0 aliphatic carbocycles. The van der Waals surface area contributed by atoms with Crippen molar-refractivity contribution in [2.45, 2.75) is 24.1 Å². The zero-order valence-electron chi connectivity index (χ0n) is 11.9. The second-order valence-corrected chi connectivity index (χ2v) is 5.44. The van der Waals surface area contributed by atoms with Crippen LogP contribution in [-0.4, -0.2) is 18.6 Å². The molecule has 0 amide bonds. The number of thioether (sulfide) groups is 1. The van der Waals surface area contributed by atoms with Gasteiger partial charge < -0.3 is 10.1 Å². The number of methoxy groups -OCH3 is 1. The molecule has 1 aromatic carbocycles. The number of ether oxygens (including phenoxy) is 1. The summed E-state index contributed by atoms with van der Waals surface area (Å²) in [5.74, 6) is 1.52. The summed E-state index contributed by atoms with van der Waals surface area (Å²) in [6.45, 7) is 4.03. The van der Waals surface area contributed by atoms with E-state index in [1.807, 2.05) is 18.2 Å². The van der Waals surface area contributed by atoms with Gasteiger partial charge in [0.2, 0.25) is 5.88 Å². The minimum Gasteiger partial charge on any atom is -0.481 e. The van der Waals surface area contributed by atoms with Gasteiger partial charge in [-0.3, -0.25) is 0 Å². The van der Waals surface area contributed by atoms with Crippen LogP contribution in [0.25, 0.3) is 0 Å². The van der Waals surface area contributed by atoms with Crippen molar-refractivity contribution in [1.29, 1.82) is 0 Å². The third kappa shape index (κ3) is 4.54. The maximum atomic E-state index is 5.14. The highest BCUT2D eigenvalue weighted by molar-refractivity contribution is 7.98. The Morgan fingerprint density at radius 3 is 2.85 bits per heavy atom. The first kappa shape index (κ1) is 14.9. The summed E-state index contributed by atoms with van der Waals surface area (Å²) in [5, 5.41) is 3.34. The van der Waals surface area contributed by atoms with Gasteiger partial charge in [0.25, 0.3) is 0 Å². The first-order valence-electron chi connectivity index (χ1n) is 6.74. The molecular formula is C16H20N2OS. The molecule has 0 unspecified atom stereocenters. The molecule has 0 atom stereocenters. The second kappa shape index (κ2) is 7.92. The van der Waals surface area contributed by atoms with Gasteiger partial charge in [0.15, 0.2) is 0 Å². The zero-order valence-corrected chi connectivity index (χ0v) is 12.7. The fraction of sp³-hybridized carbons (Fsp3) is 0.312. The lowest BCUT2D eigenvalue weighted by atomic mass is 10.2. The molecule has 0 saturated heterocycles. The second-order valence-electron chi connectivity index (χ2n) is 4.39. The molecule has 0 saturated carbocycles. The van der Waals surface area contributed by atoms with Gasteiger partial charge in [0, 0.05) is 23.3 Å². The van der Waals surface area contributed by atoms with E-state index in [1.165, 1.54) is 10.5 Å². The first-order valence-corrected chi connectivity index (χ1v) is 7.72. The van der Waals surface area contributed by atoms with Crippen LogP contribution in [0, 0.1) is 0 Å². The number of benzene rings is 1. The van der Waals surface area contributed by atoms with Gasteiger partial charge in [0.1, 0.15) is 0 Å². The summed E-state index contributed by atoms with van der Waals surface area (Å²) in [6.07, 6.45) is 0. The van der Waals surface area contributed by atoms with Crippen LogP contribution >= 0.6 is 11.8 Å². The number of nitrogens with one attached hydrogen (secondary N) is 1. The highest BCUT2D eigenvalue weighted by Gasteiger charge is 2.01. The van der Waals surface area contributed by atoms with Gasteiger partial charge in [-0.2, -0.15) is 0 Å². The average molecular weight is 288 g/mol. The lowest BCUT2D eigenvalue weighted by Crippen LogP contribution is -2.11. The van der Waals surface area contributed by atoms with Crippen LogP contribution in [0.15, 0.2) is 47.4 Å². The fourth-order valence-electron chi connectivity index (χ4n) is 1.82. The Morgan fingerprint density at radius 1 is 1.20 bits per heavy atom. The van der Waals surface area contributed by atoms with E-state index in [9.17, 15) is 0 Å². The molecule has 20 heavy (non-hydrogen) atoms. The number of aromatic nitrogens is 1. The number of hydrogen-bond acceptors (Lipinski definition) is 4. The van der Waals surface area contributed by atoms with Crippen molar-refractivity contribution in [1.82, 2.24) is 10.3 Å².